The highest BCUT2D eigenvalue weighted by atomic mass is 35.5. The Kier molecular flexibility index (Phi) is 4.92. The monoisotopic (exact) mass is 384 g/mol. The number of carbonyl (C=O) groups excluding carboxylic acids is 2. The summed E-state index contributed by atoms with van der Waals surface area (Å²) < 4.78 is 27.1. The van der Waals surface area contributed by atoms with Crippen LogP contribution in [0.25, 0.3) is 0 Å². The fourth-order valence-corrected chi connectivity index (χ4v) is 2.88. The van der Waals surface area contributed by atoms with E-state index in [9.17, 15) is 18.4 Å². The third-order valence-electron chi connectivity index (χ3n) is 3.86. The van der Waals surface area contributed by atoms with Gasteiger partial charge in [0.2, 0.25) is 11.8 Å². The molecule has 2 N–H and O–H groups in total. The van der Waals surface area contributed by atoms with E-state index in [1.165, 1.54) is 12.1 Å². The molecule has 0 bridgehead atoms. The van der Waals surface area contributed by atoms with Crippen molar-refractivity contribution in [3.8, 4) is 0 Å². The van der Waals surface area contributed by atoms with Crippen molar-refractivity contribution in [3.63, 3.8) is 0 Å². The van der Waals surface area contributed by atoms with Crippen molar-refractivity contribution in [3.05, 3.63) is 58.1 Å². The lowest BCUT2D eigenvalue weighted by Gasteiger charge is -2.08. The van der Waals surface area contributed by atoms with Crippen LogP contribution in [0, 0.1) is 23.5 Å². The summed E-state index contributed by atoms with van der Waals surface area (Å²) in [7, 11) is 0. The van der Waals surface area contributed by atoms with Gasteiger partial charge in [0.1, 0.15) is 17.3 Å². The molecular formula is C17H12Cl2F2N2O2. The molecule has 2 aromatic rings. The van der Waals surface area contributed by atoms with Gasteiger partial charge in [-0.25, -0.2) is 8.78 Å². The number of nitrogens with one attached hydrogen (secondary N) is 2. The highest BCUT2D eigenvalue weighted by Gasteiger charge is 2.48. The van der Waals surface area contributed by atoms with Gasteiger partial charge in [-0.1, -0.05) is 29.3 Å². The molecule has 25 heavy (non-hydrogen) atoms. The first-order valence-corrected chi connectivity index (χ1v) is 8.13. The zero-order valence-corrected chi connectivity index (χ0v) is 14.2. The first kappa shape index (κ1) is 17.6. The Bertz CT molecular complexity index is 840. The van der Waals surface area contributed by atoms with E-state index in [1.807, 2.05) is 0 Å². The second-order valence-electron chi connectivity index (χ2n) is 5.65. The maximum absolute atomic E-state index is 13.6. The lowest BCUT2D eigenvalue weighted by molar-refractivity contribution is -0.122. The summed E-state index contributed by atoms with van der Waals surface area (Å²) in [6, 6.07) is 7.88. The topological polar surface area (TPSA) is 58.2 Å². The molecule has 1 aliphatic carbocycles. The second-order valence-corrected chi connectivity index (χ2v) is 6.49. The molecule has 2 aromatic carbocycles. The first-order valence-electron chi connectivity index (χ1n) is 7.37. The summed E-state index contributed by atoms with van der Waals surface area (Å²) in [5, 5.41) is 5.51. The number of hydrogen-bond donors (Lipinski definition) is 2. The SMILES string of the molecule is O=C(Nc1ccc(Cl)cc1Cl)C1CC1C(=O)Nc1c(F)cccc1F. The van der Waals surface area contributed by atoms with Crippen LogP contribution in [0.2, 0.25) is 10.0 Å². The van der Waals surface area contributed by atoms with Gasteiger partial charge in [0.25, 0.3) is 0 Å². The molecule has 130 valence electrons. The molecule has 2 atom stereocenters. The van der Waals surface area contributed by atoms with Gasteiger partial charge >= 0.3 is 0 Å². The minimum Gasteiger partial charge on any atom is -0.325 e. The van der Waals surface area contributed by atoms with E-state index < -0.39 is 41.0 Å². The zero-order chi connectivity index (χ0) is 18.1. The Morgan fingerprint density at radius 3 is 2.16 bits per heavy atom. The van der Waals surface area contributed by atoms with Gasteiger partial charge in [-0.3, -0.25) is 9.59 Å². The lowest BCUT2D eigenvalue weighted by Crippen LogP contribution is -2.21. The summed E-state index contributed by atoms with van der Waals surface area (Å²) in [6.45, 7) is 0. The number of rotatable bonds is 4. The Hall–Kier alpha value is -2.18. The van der Waals surface area contributed by atoms with E-state index in [-0.39, 0.29) is 5.02 Å². The smallest absolute Gasteiger partial charge is 0.228 e. The average Bonchev–Trinajstić information content (AvgIpc) is 3.34. The predicted octanol–water partition coefficient (Wildman–Crippen LogP) is 4.48. The van der Waals surface area contributed by atoms with Gasteiger partial charge in [0, 0.05) is 5.02 Å². The van der Waals surface area contributed by atoms with Crippen molar-refractivity contribution in [1.29, 1.82) is 0 Å². The summed E-state index contributed by atoms with van der Waals surface area (Å²) >= 11 is 11.8. The fraction of sp³-hybridized carbons (Fsp3) is 0.176. The van der Waals surface area contributed by atoms with E-state index in [4.69, 9.17) is 23.2 Å². The molecule has 0 heterocycles. The fourth-order valence-electron chi connectivity index (χ4n) is 2.42. The zero-order valence-electron chi connectivity index (χ0n) is 12.7. The number of benzene rings is 2. The summed E-state index contributed by atoms with van der Waals surface area (Å²) in [4.78, 5) is 24.3. The lowest BCUT2D eigenvalue weighted by atomic mass is 10.2. The van der Waals surface area contributed by atoms with Gasteiger partial charge in [-0.05, 0) is 36.8 Å². The quantitative estimate of drug-likeness (QED) is 0.815. The molecule has 0 saturated heterocycles. The van der Waals surface area contributed by atoms with Gasteiger partial charge in [-0.15, -0.1) is 0 Å². The Labute approximate surface area is 152 Å². The first-order chi connectivity index (χ1) is 11.9. The molecule has 0 spiro atoms. The van der Waals surface area contributed by atoms with Gasteiger partial charge < -0.3 is 10.6 Å². The highest BCUT2D eigenvalue weighted by Crippen LogP contribution is 2.41. The molecule has 1 aliphatic rings. The molecular weight excluding hydrogens is 373 g/mol. The molecule has 8 heteroatoms. The average molecular weight is 385 g/mol. The molecule has 4 nitrogen and oxygen atoms in total. The van der Waals surface area contributed by atoms with Crippen molar-refractivity contribution in [1.82, 2.24) is 0 Å². The van der Waals surface area contributed by atoms with E-state index in [0.717, 1.165) is 12.1 Å². The molecule has 0 radical (unpaired) electrons. The van der Waals surface area contributed by atoms with Crippen molar-refractivity contribution in [2.45, 2.75) is 6.42 Å². The molecule has 0 aliphatic heterocycles. The van der Waals surface area contributed by atoms with E-state index >= 15 is 0 Å². The highest BCUT2D eigenvalue weighted by molar-refractivity contribution is 6.36. The van der Waals surface area contributed by atoms with Gasteiger partial charge in [-0.2, -0.15) is 0 Å². The van der Waals surface area contributed by atoms with Crippen LogP contribution >= 0.6 is 23.2 Å². The Morgan fingerprint density at radius 2 is 1.56 bits per heavy atom. The molecule has 2 amide bonds. The van der Waals surface area contributed by atoms with Crippen LogP contribution < -0.4 is 10.6 Å². The minimum absolute atomic E-state index is 0.274. The number of halogens is 4. The predicted molar refractivity (Wildman–Crippen MR) is 91.7 cm³/mol. The third-order valence-corrected chi connectivity index (χ3v) is 4.41. The van der Waals surface area contributed by atoms with Crippen LogP contribution in [0.5, 0.6) is 0 Å². The van der Waals surface area contributed by atoms with E-state index in [0.29, 0.717) is 17.1 Å². The Balaban J connectivity index is 1.62. The van der Waals surface area contributed by atoms with E-state index in [2.05, 4.69) is 10.6 Å². The number of para-hydroxylation sites is 1. The number of hydrogen-bond acceptors (Lipinski definition) is 2. The van der Waals surface area contributed by atoms with Crippen molar-refractivity contribution < 1.29 is 18.4 Å². The van der Waals surface area contributed by atoms with E-state index in [1.54, 1.807) is 12.1 Å². The van der Waals surface area contributed by atoms with Gasteiger partial charge in [0.05, 0.1) is 22.5 Å². The second kappa shape index (κ2) is 6.98. The van der Waals surface area contributed by atoms with Crippen LogP contribution in [0.3, 0.4) is 0 Å². The van der Waals surface area contributed by atoms with Crippen LogP contribution in [0.15, 0.2) is 36.4 Å². The van der Waals surface area contributed by atoms with Crippen LogP contribution in [0.4, 0.5) is 20.2 Å². The maximum Gasteiger partial charge on any atom is 0.228 e. The van der Waals surface area contributed by atoms with Crippen LogP contribution in [0.1, 0.15) is 6.42 Å². The molecule has 3 rings (SSSR count). The Morgan fingerprint density at radius 1 is 0.960 bits per heavy atom. The number of anilines is 2. The summed E-state index contributed by atoms with van der Waals surface area (Å²) in [6.07, 6.45) is 0.291. The number of carbonyl (C=O) groups is 2. The normalized spacial score (nSPS) is 18.6. The molecule has 1 saturated carbocycles. The summed E-state index contributed by atoms with van der Waals surface area (Å²) in [5.41, 5.74) is -0.137. The number of amides is 2. The standard InChI is InChI=1S/C17H12Cl2F2N2O2/c18-8-4-5-14(11(19)6-8)22-16(24)9-7-10(9)17(25)23-15-12(20)2-1-3-13(15)21/h1-6,9-10H,7H2,(H,22,24)(H,23,25). The third kappa shape index (κ3) is 3.91. The van der Waals surface area contributed by atoms with Crippen LogP contribution in [-0.2, 0) is 9.59 Å². The largest absolute Gasteiger partial charge is 0.325 e. The molecule has 1 fully saturated rings. The van der Waals surface area contributed by atoms with Crippen molar-refractivity contribution in [2.24, 2.45) is 11.8 Å². The summed E-state index contributed by atoms with van der Waals surface area (Å²) in [5.74, 6) is -3.97. The minimum atomic E-state index is -0.872. The van der Waals surface area contributed by atoms with Crippen molar-refractivity contribution >= 4 is 46.4 Å². The van der Waals surface area contributed by atoms with Gasteiger partial charge in [0.15, 0.2) is 0 Å². The van der Waals surface area contributed by atoms with Crippen molar-refractivity contribution in [2.75, 3.05) is 10.6 Å². The molecule has 2 unspecified atom stereocenters. The molecule has 0 aromatic heterocycles. The maximum atomic E-state index is 13.6. The van der Waals surface area contributed by atoms with Crippen LogP contribution in [-0.4, -0.2) is 11.8 Å².